The fraction of sp³-hybridized carbons (Fsp3) is 0.238. The molecule has 0 aliphatic heterocycles. The predicted octanol–water partition coefficient (Wildman–Crippen LogP) is 2.22. The second kappa shape index (κ2) is 8.51. The van der Waals surface area contributed by atoms with Gasteiger partial charge in [-0.2, -0.15) is 0 Å². The summed E-state index contributed by atoms with van der Waals surface area (Å²) in [4.78, 5) is 27.5. The van der Waals surface area contributed by atoms with Crippen LogP contribution in [0.5, 0.6) is 0 Å². The highest BCUT2D eigenvalue weighted by Gasteiger charge is 2.17. The number of H-pyrrole nitrogens is 1. The molecule has 0 spiro atoms. The Labute approximate surface area is 157 Å². The van der Waals surface area contributed by atoms with E-state index < -0.39 is 12.0 Å². The number of nitrogens with one attached hydrogen (secondary N) is 2. The first-order chi connectivity index (χ1) is 13.1. The summed E-state index contributed by atoms with van der Waals surface area (Å²) in [7, 11) is 1.31. The molecular formula is C21H22N2O4. The van der Waals surface area contributed by atoms with Crippen molar-refractivity contribution < 1.29 is 19.4 Å². The predicted molar refractivity (Wildman–Crippen MR) is 103 cm³/mol. The van der Waals surface area contributed by atoms with E-state index in [0.29, 0.717) is 17.5 Å². The zero-order chi connectivity index (χ0) is 19.2. The molecule has 0 aliphatic carbocycles. The molecule has 0 saturated carbocycles. The third kappa shape index (κ3) is 4.35. The van der Waals surface area contributed by atoms with E-state index in [-0.39, 0.29) is 18.9 Å². The Morgan fingerprint density at radius 1 is 1.11 bits per heavy atom. The molecule has 140 valence electrons. The molecule has 0 saturated heterocycles. The largest absolute Gasteiger partial charge is 0.465 e. The minimum atomic E-state index is -0.476. The number of hydrogen-bond acceptors (Lipinski definition) is 4. The average Bonchev–Trinajstić information content (AvgIpc) is 3.10. The van der Waals surface area contributed by atoms with Crippen LogP contribution in [0.15, 0.2) is 54.7 Å². The molecule has 1 unspecified atom stereocenters. The Morgan fingerprint density at radius 2 is 1.85 bits per heavy atom. The van der Waals surface area contributed by atoms with Crippen molar-refractivity contribution in [3.63, 3.8) is 0 Å². The van der Waals surface area contributed by atoms with Crippen LogP contribution in [-0.2, 0) is 22.4 Å². The van der Waals surface area contributed by atoms with Gasteiger partial charge in [-0.3, -0.25) is 4.79 Å². The monoisotopic (exact) mass is 366 g/mol. The van der Waals surface area contributed by atoms with Crippen molar-refractivity contribution in [3.8, 4) is 0 Å². The van der Waals surface area contributed by atoms with E-state index in [4.69, 9.17) is 4.74 Å². The van der Waals surface area contributed by atoms with Gasteiger partial charge < -0.3 is 20.1 Å². The second-order valence-electron chi connectivity index (χ2n) is 6.34. The van der Waals surface area contributed by atoms with Gasteiger partial charge in [-0.25, -0.2) is 4.79 Å². The molecule has 0 radical (unpaired) electrons. The number of aliphatic hydroxyl groups excluding tert-OH is 1. The first-order valence-electron chi connectivity index (χ1n) is 8.73. The summed E-state index contributed by atoms with van der Waals surface area (Å²) in [5, 5.41) is 13.6. The summed E-state index contributed by atoms with van der Waals surface area (Å²) in [5.74, 6) is -0.735. The van der Waals surface area contributed by atoms with Crippen LogP contribution in [-0.4, -0.2) is 41.7 Å². The molecule has 6 heteroatoms. The zero-order valence-corrected chi connectivity index (χ0v) is 15.1. The number of hydrogen-bond donors (Lipinski definition) is 3. The highest BCUT2D eigenvalue weighted by molar-refractivity contribution is 5.93. The molecular weight excluding hydrogens is 344 g/mol. The molecule has 2 aromatic carbocycles. The van der Waals surface area contributed by atoms with E-state index >= 15 is 0 Å². The van der Waals surface area contributed by atoms with Gasteiger partial charge in [0.1, 0.15) is 0 Å². The lowest BCUT2D eigenvalue weighted by Gasteiger charge is -2.16. The third-order valence-electron chi connectivity index (χ3n) is 4.50. The Kier molecular flexibility index (Phi) is 5.88. The number of fused-ring (bicyclic) bond motifs is 1. The van der Waals surface area contributed by atoms with E-state index in [1.165, 1.54) is 7.11 Å². The maximum atomic E-state index is 12.5. The minimum absolute atomic E-state index is 0.0374. The maximum absolute atomic E-state index is 12.5. The van der Waals surface area contributed by atoms with E-state index in [1.54, 1.807) is 24.3 Å². The molecule has 6 nitrogen and oxygen atoms in total. The molecule has 3 N–H and O–H groups in total. The molecule has 1 atom stereocenters. The summed E-state index contributed by atoms with van der Waals surface area (Å²) in [6, 6.07) is 14.3. The van der Waals surface area contributed by atoms with Crippen molar-refractivity contribution in [2.45, 2.75) is 18.9 Å². The molecule has 1 heterocycles. The average molecular weight is 366 g/mol. The van der Waals surface area contributed by atoms with Crippen molar-refractivity contribution in [1.29, 1.82) is 0 Å². The number of carbonyl (C=O) groups is 2. The normalized spacial score (nSPS) is 11.9. The molecule has 1 aromatic heterocycles. The van der Waals surface area contributed by atoms with E-state index in [1.807, 2.05) is 30.5 Å². The molecule has 3 aromatic rings. The van der Waals surface area contributed by atoms with Gasteiger partial charge in [0.15, 0.2) is 0 Å². The van der Waals surface area contributed by atoms with Gasteiger partial charge in [-0.05, 0) is 29.7 Å². The van der Waals surface area contributed by atoms with E-state index in [2.05, 4.69) is 10.3 Å². The lowest BCUT2D eigenvalue weighted by molar-refractivity contribution is -0.121. The minimum Gasteiger partial charge on any atom is -0.465 e. The standard InChI is InChI=1S/C21H22N2O4/c1-27-21(26)18-8-3-2-6-14(18)11-20(25)23-16(13-24)10-15-12-22-19-9-5-4-7-17(15)19/h2-9,12,16,22,24H,10-11,13H2,1H3,(H,23,25). The summed E-state index contributed by atoms with van der Waals surface area (Å²) >= 11 is 0. The molecule has 0 aliphatic rings. The van der Waals surface area contributed by atoms with Crippen LogP contribution < -0.4 is 5.32 Å². The van der Waals surface area contributed by atoms with Crippen LogP contribution in [0.2, 0.25) is 0 Å². The smallest absolute Gasteiger partial charge is 0.338 e. The van der Waals surface area contributed by atoms with Crippen LogP contribution in [0.3, 0.4) is 0 Å². The number of amides is 1. The Hall–Kier alpha value is -3.12. The number of aromatic amines is 1. The number of benzene rings is 2. The summed E-state index contributed by atoms with van der Waals surface area (Å²) in [6.07, 6.45) is 2.44. The topological polar surface area (TPSA) is 91.4 Å². The quantitative estimate of drug-likeness (QED) is 0.559. The fourth-order valence-corrected chi connectivity index (χ4v) is 3.16. The van der Waals surface area contributed by atoms with Crippen molar-refractivity contribution >= 4 is 22.8 Å². The van der Waals surface area contributed by atoms with Gasteiger partial charge in [0.25, 0.3) is 0 Å². The van der Waals surface area contributed by atoms with Crippen LogP contribution in [0.4, 0.5) is 0 Å². The van der Waals surface area contributed by atoms with Gasteiger partial charge in [-0.1, -0.05) is 36.4 Å². The number of para-hydroxylation sites is 1. The lowest BCUT2D eigenvalue weighted by Crippen LogP contribution is -2.40. The van der Waals surface area contributed by atoms with E-state index in [9.17, 15) is 14.7 Å². The SMILES string of the molecule is COC(=O)c1ccccc1CC(=O)NC(CO)Cc1c[nH]c2ccccc12. The number of aliphatic hydroxyl groups is 1. The Balaban J connectivity index is 1.68. The first kappa shape index (κ1) is 18.7. The maximum Gasteiger partial charge on any atom is 0.338 e. The molecule has 3 rings (SSSR count). The van der Waals surface area contributed by atoms with E-state index in [0.717, 1.165) is 16.5 Å². The van der Waals surface area contributed by atoms with Crippen LogP contribution in [0.25, 0.3) is 10.9 Å². The number of carbonyl (C=O) groups excluding carboxylic acids is 2. The number of rotatable bonds is 7. The number of methoxy groups -OCH3 is 1. The van der Waals surface area contributed by atoms with Crippen molar-refractivity contribution in [2.24, 2.45) is 0 Å². The number of ether oxygens (including phenoxy) is 1. The van der Waals surface area contributed by atoms with Crippen molar-refractivity contribution in [3.05, 3.63) is 71.4 Å². The summed E-state index contributed by atoms with van der Waals surface area (Å²) in [6.45, 7) is -0.177. The van der Waals surface area contributed by atoms with Gasteiger partial charge in [0.2, 0.25) is 5.91 Å². The number of aromatic nitrogens is 1. The summed E-state index contributed by atoms with van der Waals surface area (Å²) in [5.41, 5.74) is 3.00. The van der Waals surface area contributed by atoms with Crippen molar-refractivity contribution in [2.75, 3.05) is 13.7 Å². The molecule has 1 amide bonds. The van der Waals surface area contributed by atoms with Crippen molar-refractivity contribution in [1.82, 2.24) is 10.3 Å². The molecule has 0 bridgehead atoms. The Bertz CT molecular complexity index is 948. The lowest BCUT2D eigenvalue weighted by atomic mass is 10.0. The van der Waals surface area contributed by atoms with Crippen LogP contribution >= 0.6 is 0 Å². The Morgan fingerprint density at radius 3 is 2.63 bits per heavy atom. The van der Waals surface area contributed by atoms with Gasteiger partial charge >= 0.3 is 5.97 Å². The van der Waals surface area contributed by atoms with Crippen LogP contribution in [0, 0.1) is 0 Å². The zero-order valence-electron chi connectivity index (χ0n) is 15.1. The molecule has 0 fully saturated rings. The molecule has 27 heavy (non-hydrogen) atoms. The highest BCUT2D eigenvalue weighted by Crippen LogP contribution is 2.19. The highest BCUT2D eigenvalue weighted by atomic mass is 16.5. The number of esters is 1. The summed E-state index contributed by atoms with van der Waals surface area (Å²) < 4.78 is 4.76. The van der Waals surface area contributed by atoms with Gasteiger partial charge in [-0.15, -0.1) is 0 Å². The first-order valence-corrected chi connectivity index (χ1v) is 8.73. The fourth-order valence-electron chi connectivity index (χ4n) is 3.16. The van der Waals surface area contributed by atoms with Crippen LogP contribution in [0.1, 0.15) is 21.5 Å². The van der Waals surface area contributed by atoms with Gasteiger partial charge in [0.05, 0.1) is 31.7 Å². The van der Waals surface area contributed by atoms with Gasteiger partial charge in [0, 0.05) is 17.1 Å². The third-order valence-corrected chi connectivity index (χ3v) is 4.50. The second-order valence-corrected chi connectivity index (χ2v) is 6.34.